The van der Waals surface area contributed by atoms with Gasteiger partial charge in [0, 0.05) is 25.2 Å². The highest BCUT2D eigenvalue weighted by atomic mass is 16.5. The van der Waals surface area contributed by atoms with Gasteiger partial charge in [0.25, 0.3) is 0 Å². The van der Waals surface area contributed by atoms with Gasteiger partial charge in [-0.15, -0.1) is 0 Å². The fourth-order valence-electron chi connectivity index (χ4n) is 1.63. The Hall–Kier alpha value is -1.69. The molecule has 0 spiro atoms. The highest BCUT2D eigenvalue weighted by molar-refractivity contribution is 5.76. The van der Waals surface area contributed by atoms with Crippen LogP contribution in [-0.4, -0.2) is 41.7 Å². The molecule has 6 nitrogen and oxygen atoms in total. The van der Waals surface area contributed by atoms with Crippen LogP contribution in [0.1, 0.15) is 6.42 Å². The SMILES string of the molecule is COC(=O)[C@@H]1C[C@@H](Oc2ccncn2)CN1. The predicted molar refractivity (Wildman–Crippen MR) is 54.9 cm³/mol. The molecule has 0 aliphatic carbocycles. The second kappa shape index (κ2) is 4.89. The lowest BCUT2D eigenvalue weighted by atomic mass is 10.2. The van der Waals surface area contributed by atoms with Crippen LogP contribution in [0.5, 0.6) is 5.88 Å². The fraction of sp³-hybridized carbons (Fsp3) is 0.500. The number of ether oxygens (including phenoxy) is 2. The monoisotopic (exact) mass is 223 g/mol. The largest absolute Gasteiger partial charge is 0.473 e. The van der Waals surface area contributed by atoms with Gasteiger partial charge in [-0.2, -0.15) is 0 Å². The number of methoxy groups -OCH3 is 1. The number of carbonyl (C=O) groups is 1. The van der Waals surface area contributed by atoms with Crippen LogP contribution < -0.4 is 10.1 Å². The molecule has 1 aromatic rings. The molecule has 1 N–H and O–H groups in total. The van der Waals surface area contributed by atoms with E-state index in [1.165, 1.54) is 13.4 Å². The molecule has 2 atom stereocenters. The van der Waals surface area contributed by atoms with E-state index in [4.69, 9.17) is 4.74 Å². The van der Waals surface area contributed by atoms with Gasteiger partial charge < -0.3 is 14.8 Å². The number of hydrogen-bond donors (Lipinski definition) is 1. The normalized spacial score (nSPS) is 24.1. The third kappa shape index (κ3) is 2.46. The summed E-state index contributed by atoms with van der Waals surface area (Å²) in [5.41, 5.74) is 0. The van der Waals surface area contributed by atoms with E-state index in [0.29, 0.717) is 18.8 Å². The van der Waals surface area contributed by atoms with Gasteiger partial charge >= 0.3 is 5.97 Å². The molecule has 1 aliphatic rings. The van der Waals surface area contributed by atoms with Crippen molar-refractivity contribution in [2.24, 2.45) is 0 Å². The van der Waals surface area contributed by atoms with E-state index in [9.17, 15) is 4.79 Å². The van der Waals surface area contributed by atoms with Gasteiger partial charge in [0.05, 0.1) is 7.11 Å². The highest BCUT2D eigenvalue weighted by Gasteiger charge is 2.31. The smallest absolute Gasteiger partial charge is 0.323 e. The van der Waals surface area contributed by atoms with Crippen LogP contribution in [0.25, 0.3) is 0 Å². The van der Waals surface area contributed by atoms with Crippen LogP contribution in [0.4, 0.5) is 0 Å². The summed E-state index contributed by atoms with van der Waals surface area (Å²) in [7, 11) is 1.38. The summed E-state index contributed by atoms with van der Waals surface area (Å²) in [5, 5.41) is 3.03. The first-order valence-electron chi connectivity index (χ1n) is 5.03. The molecule has 2 heterocycles. The maximum Gasteiger partial charge on any atom is 0.323 e. The van der Waals surface area contributed by atoms with Gasteiger partial charge in [-0.05, 0) is 0 Å². The van der Waals surface area contributed by atoms with Crippen molar-refractivity contribution in [1.29, 1.82) is 0 Å². The minimum Gasteiger partial charge on any atom is -0.473 e. The molecular formula is C10H13N3O3. The van der Waals surface area contributed by atoms with Crippen molar-refractivity contribution in [2.75, 3.05) is 13.7 Å². The summed E-state index contributed by atoms with van der Waals surface area (Å²) in [6.07, 6.45) is 3.58. The van der Waals surface area contributed by atoms with Gasteiger partial charge in [-0.3, -0.25) is 4.79 Å². The lowest BCUT2D eigenvalue weighted by Crippen LogP contribution is -2.31. The van der Waals surface area contributed by atoms with Crippen molar-refractivity contribution in [3.8, 4) is 5.88 Å². The Balaban J connectivity index is 1.88. The second-order valence-corrected chi connectivity index (χ2v) is 3.51. The van der Waals surface area contributed by atoms with Crippen molar-refractivity contribution in [2.45, 2.75) is 18.6 Å². The van der Waals surface area contributed by atoms with E-state index in [2.05, 4.69) is 20.0 Å². The Labute approximate surface area is 93.0 Å². The Morgan fingerprint density at radius 1 is 1.62 bits per heavy atom. The predicted octanol–water partition coefficient (Wildman–Crippen LogP) is -0.241. The Bertz CT molecular complexity index is 358. The molecule has 0 bridgehead atoms. The van der Waals surface area contributed by atoms with E-state index >= 15 is 0 Å². The molecule has 0 amide bonds. The average molecular weight is 223 g/mol. The molecule has 0 saturated carbocycles. The first-order chi connectivity index (χ1) is 7.79. The summed E-state index contributed by atoms with van der Waals surface area (Å²) in [5.74, 6) is 0.265. The van der Waals surface area contributed by atoms with Crippen molar-refractivity contribution in [3.05, 3.63) is 18.6 Å². The maximum absolute atomic E-state index is 11.2. The molecule has 0 unspecified atom stereocenters. The van der Waals surface area contributed by atoms with Gasteiger partial charge in [-0.25, -0.2) is 9.97 Å². The van der Waals surface area contributed by atoms with E-state index in [-0.39, 0.29) is 18.1 Å². The zero-order valence-corrected chi connectivity index (χ0v) is 8.92. The molecule has 0 radical (unpaired) electrons. The minimum absolute atomic E-state index is 0.0565. The number of aromatic nitrogens is 2. The van der Waals surface area contributed by atoms with Crippen LogP contribution >= 0.6 is 0 Å². The molecule has 16 heavy (non-hydrogen) atoms. The average Bonchev–Trinajstić information content (AvgIpc) is 2.78. The molecule has 6 heteroatoms. The number of hydrogen-bond acceptors (Lipinski definition) is 6. The fourth-order valence-corrected chi connectivity index (χ4v) is 1.63. The van der Waals surface area contributed by atoms with Crippen LogP contribution in [-0.2, 0) is 9.53 Å². The first kappa shape index (κ1) is 10.8. The molecule has 1 saturated heterocycles. The Morgan fingerprint density at radius 3 is 3.19 bits per heavy atom. The van der Waals surface area contributed by atoms with Crippen LogP contribution in [0.2, 0.25) is 0 Å². The highest BCUT2D eigenvalue weighted by Crippen LogP contribution is 2.14. The maximum atomic E-state index is 11.2. The lowest BCUT2D eigenvalue weighted by molar-refractivity contribution is -0.142. The topological polar surface area (TPSA) is 73.3 Å². The third-order valence-corrected chi connectivity index (χ3v) is 2.42. The van der Waals surface area contributed by atoms with Crippen LogP contribution in [0.3, 0.4) is 0 Å². The van der Waals surface area contributed by atoms with E-state index in [0.717, 1.165) is 0 Å². The van der Waals surface area contributed by atoms with Crippen molar-refractivity contribution in [1.82, 2.24) is 15.3 Å². The third-order valence-electron chi connectivity index (χ3n) is 2.42. The van der Waals surface area contributed by atoms with Crippen LogP contribution in [0.15, 0.2) is 18.6 Å². The number of rotatable bonds is 3. The first-order valence-corrected chi connectivity index (χ1v) is 5.03. The summed E-state index contributed by atoms with van der Waals surface area (Å²) in [4.78, 5) is 19.0. The van der Waals surface area contributed by atoms with E-state index < -0.39 is 0 Å². The number of nitrogens with one attached hydrogen (secondary N) is 1. The minimum atomic E-state index is -0.281. The van der Waals surface area contributed by atoms with Gasteiger partial charge in [0.2, 0.25) is 5.88 Å². The van der Waals surface area contributed by atoms with E-state index in [1.807, 2.05) is 0 Å². The summed E-state index contributed by atoms with van der Waals surface area (Å²) in [6, 6.07) is 1.41. The number of nitrogens with zero attached hydrogens (tertiary/aromatic N) is 2. The Kier molecular flexibility index (Phi) is 3.31. The molecule has 1 fully saturated rings. The van der Waals surface area contributed by atoms with Gasteiger partial charge in [0.15, 0.2) is 0 Å². The second-order valence-electron chi connectivity index (χ2n) is 3.51. The summed E-state index contributed by atoms with van der Waals surface area (Å²) < 4.78 is 10.2. The van der Waals surface area contributed by atoms with Crippen LogP contribution in [0, 0.1) is 0 Å². The lowest BCUT2D eigenvalue weighted by Gasteiger charge is -2.10. The quantitative estimate of drug-likeness (QED) is 0.713. The Morgan fingerprint density at radius 2 is 2.50 bits per heavy atom. The zero-order valence-electron chi connectivity index (χ0n) is 8.92. The molecular weight excluding hydrogens is 210 g/mol. The molecule has 86 valence electrons. The van der Waals surface area contributed by atoms with Crippen molar-refractivity contribution < 1.29 is 14.3 Å². The molecule has 1 aliphatic heterocycles. The summed E-state index contributed by atoms with van der Waals surface area (Å²) >= 11 is 0. The molecule has 1 aromatic heterocycles. The van der Waals surface area contributed by atoms with Crippen molar-refractivity contribution in [3.63, 3.8) is 0 Å². The van der Waals surface area contributed by atoms with E-state index in [1.54, 1.807) is 12.3 Å². The van der Waals surface area contributed by atoms with Gasteiger partial charge in [0.1, 0.15) is 18.5 Å². The van der Waals surface area contributed by atoms with Gasteiger partial charge in [-0.1, -0.05) is 0 Å². The van der Waals surface area contributed by atoms with Crippen molar-refractivity contribution >= 4 is 5.97 Å². The zero-order chi connectivity index (χ0) is 11.4. The number of carbonyl (C=O) groups excluding carboxylic acids is 1. The molecule has 2 rings (SSSR count). The molecule has 0 aromatic carbocycles. The number of esters is 1. The summed E-state index contributed by atoms with van der Waals surface area (Å²) in [6.45, 7) is 0.615. The standard InChI is InChI=1S/C10H13N3O3/c1-15-10(14)8-4-7(5-12-8)16-9-2-3-11-6-13-9/h2-3,6-8,12H,4-5H2,1H3/t7-,8+/m1/s1.